The molecule has 0 spiro atoms. The molecular weight excluding hydrogens is 496 g/mol. The fourth-order valence-electron chi connectivity index (χ4n) is 5.54. The van der Waals surface area contributed by atoms with Crippen LogP contribution in [-0.4, -0.2) is 21.5 Å². The summed E-state index contributed by atoms with van der Waals surface area (Å²) in [6.07, 6.45) is 5.18. The first-order valence-corrected chi connectivity index (χ1v) is 13.8. The molecule has 7 rings (SSSR count). The Morgan fingerprint density at radius 3 is 2.45 bits per heavy atom. The standard InChI is InChI=1S/C33H30N6O/c1-3-4-11-23-17-19-24(20-18-23)34-31-33-36-32-29(22(2)37-39(32)25-12-6-5-7-13-25)30(28-16-10-21-40-28)38(33)27-15-9-8-14-26(27)35-31/h5-10,12-21,30H,3-4,11H2,1-2H3,(H,34,35)/t30-/m1/s1. The molecule has 7 nitrogen and oxygen atoms in total. The Hall–Kier alpha value is -4.91. The highest BCUT2D eigenvalue weighted by Crippen LogP contribution is 2.48. The Morgan fingerprint density at radius 2 is 1.68 bits per heavy atom. The van der Waals surface area contributed by atoms with Crippen LogP contribution in [0.2, 0.25) is 0 Å². The fraction of sp³-hybridized carbons (Fsp3) is 0.182. The van der Waals surface area contributed by atoms with Crippen LogP contribution < -0.4 is 10.2 Å². The van der Waals surface area contributed by atoms with Crippen molar-refractivity contribution in [3.05, 3.63) is 120 Å². The molecule has 0 radical (unpaired) electrons. The van der Waals surface area contributed by atoms with Crippen LogP contribution in [0.15, 0.2) is 112 Å². The van der Waals surface area contributed by atoms with Gasteiger partial charge in [0.1, 0.15) is 11.8 Å². The van der Waals surface area contributed by atoms with E-state index in [1.165, 1.54) is 18.4 Å². The highest BCUT2D eigenvalue weighted by atomic mass is 16.3. The molecule has 5 aromatic rings. The second-order valence-electron chi connectivity index (χ2n) is 10.2. The Labute approximate surface area is 233 Å². The van der Waals surface area contributed by atoms with E-state index in [0.29, 0.717) is 5.84 Å². The monoisotopic (exact) mass is 526 g/mol. The van der Waals surface area contributed by atoms with E-state index in [4.69, 9.17) is 19.5 Å². The van der Waals surface area contributed by atoms with Gasteiger partial charge >= 0.3 is 0 Å². The second-order valence-corrected chi connectivity index (χ2v) is 10.2. The Kier molecular flexibility index (Phi) is 6.04. The minimum atomic E-state index is -0.264. The van der Waals surface area contributed by atoms with Gasteiger partial charge in [-0.3, -0.25) is 0 Å². The number of unbranched alkanes of at least 4 members (excludes halogenated alkanes) is 1. The van der Waals surface area contributed by atoms with Crippen LogP contribution in [0, 0.1) is 6.92 Å². The van der Waals surface area contributed by atoms with Crippen molar-refractivity contribution >= 4 is 34.6 Å². The van der Waals surface area contributed by atoms with Gasteiger partial charge in [-0.2, -0.15) is 5.10 Å². The lowest BCUT2D eigenvalue weighted by atomic mass is 9.98. The number of rotatable bonds is 6. The number of hydrogen-bond donors (Lipinski definition) is 1. The van der Waals surface area contributed by atoms with Crippen molar-refractivity contribution in [2.75, 3.05) is 10.2 Å². The molecule has 0 saturated carbocycles. The maximum atomic E-state index is 6.07. The average Bonchev–Trinajstić information content (AvgIpc) is 3.65. The van der Waals surface area contributed by atoms with Gasteiger partial charge in [-0.15, -0.1) is 0 Å². The molecule has 1 N–H and O–H groups in total. The second kappa shape index (κ2) is 10.0. The highest BCUT2D eigenvalue weighted by molar-refractivity contribution is 6.51. The molecule has 0 saturated heterocycles. The first-order valence-electron chi connectivity index (χ1n) is 13.8. The van der Waals surface area contributed by atoms with Gasteiger partial charge in [0.15, 0.2) is 17.5 Å². The SMILES string of the molecule is CCCCc1ccc(NC2=Nc3ccccc3N3C2=Nc2c(c(C)nn2-c2ccccc2)[C@H]3c2ccco2)cc1. The summed E-state index contributed by atoms with van der Waals surface area (Å²) in [6.45, 7) is 4.26. The third kappa shape index (κ3) is 4.11. The van der Waals surface area contributed by atoms with Crippen molar-refractivity contribution in [1.29, 1.82) is 0 Å². The minimum Gasteiger partial charge on any atom is -0.467 e. The van der Waals surface area contributed by atoms with Crippen LogP contribution >= 0.6 is 0 Å². The largest absolute Gasteiger partial charge is 0.467 e. The maximum absolute atomic E-state index is 6.07. The van der Waals surface area contributed by atoms with Crippen LogP contribution in [0.25, 0.3) is 5.69 Å². The van der Waals surface area contributed by atoms with E-state index in [2.05, 4.69) is 47.5 Å². The van der Waals surface area contributed by atoms with Gasteiger partial charge < -0.3 is 14.6 Å². The van der Waals surface area contributed by atoms with Crippen LogP contribution in [0.5, 0.6) is 0 Å². The maximum Gasteiger partial charge on any atom is 0.179 e. The van der Waals surface area contributed by atoms with Gasteiger partial charge in [-0.05, 0) is 73.9 Å². The number of aromatic nitrogens is 2. The third-order valence-corrected chi connectivity index (χ3v) is 7.49. The summed E-state index contributed by atoms with van der Waals surface area (Å²) >= 11 is 0. The van der Waals surface area contributed by atoms with E-state index in [9.17, 15) is 0 Å². The lowest BCUT2D eigenvalue weighted by Crippen LogP contribution is -2.46. The van der Waals surface area contributed by atoms with Crippen LogP contribution in [0.4, 0.5) is 22.9 Å². The van der Waals surface area contributed by atoms with E-state index in [0.717, 1.165) is 57.8 Å². The van der Waals surface area contributed by atoms with E-state index in [-0.39, 0.29) is 6.04 Å². The van der Waals surface area contributed by atoms with Crippen LogP contribution in [0.1, 0.15) is 48.4 Å². The number of fused-ring (bicyclic) bond motifs is 4. The molecule has 2 aliphatic rings. The van der Waals surface area contributed by atoms with E-state index < -0.39 is 0 Å². The summed E-state index contributed by atoms with van der Waals surface area (Å²) in [5, 5.41) is 8.54. The zero-order valence-corrected chi connectivity index (χ0v) is 22.6. The van der Waals surface area contributed by atoms with Gasteiger partial charge in [0.2, 0.25) is 0 Å². The van der Waals surface area contributed by atoms with Crippen molar-refractivity contribution in [3.63, 3.8) is 0 Å². The Morgan fingerprint density at radius 1 is 0.875 bits per heavy atom. The zero-order chi connectivity index (χ0) is 27.1. The topological polar surface area (TPSA) is 71.0 Å². The molecule has 2 aromatic heterocycles. The summed E-state index contributed by atoms with van der Waals surface area (Å²) in [5.74, 6) is 3.00. The number of aryl methyl sites for hydroxylation is 2. The molecule has 7 heteroatoms. The smallest absolute Gasteiger partial charge is 0.179 e. The molecule has 2 aliphatic heterocycles. The minimum absolute atomic E-state index is 0.264. The number of aliphatic imine (C=N–C) groups is 2. The van der Waals surface area contributed by atoms with Crippen LogP contribution in [-0.2, 0) is 6.42 Å². The number of furan rings is 1. The number of hydrogen-bond acceptors (Lipinski definition) is 6. The van der Waals surface area contributed by atoms with Crippen molar-refractivity contribution in [1.82, 2.24) is 9.78 Å². The molecule has 0 amide bonds. The van der Waals surface area contributed by atoms with Gasteiger partial charge in [0.25, 0.3) is 0 Å². The number of nitrogens with one attached hydrogen (secondary N) is 1. The summed E-state index contributed by atoms with van der Waals surface area (Å²) in [4.78, 5) is 12.6. The molecule has 4 heterocycles. The van der Waals surface area contributed by atoms with Gasteiger partial charge in [0, 0.05) is 5.69 Å². The van der Waals surface area contributed by atoms with Gasteiger partial charge in [-0.1, -0.05) is 55.8 Å². The molecule has 0 unspecified atom stereocenters. The Balaban J connectivity index is 1.40. The molecule has 40 heavy (non-hydrogen) atoms. The van der Waals surface area contributed by atoms with E-state index in [1.807, 2.05) is 72.3 Å². The predicted octanol–water partition coefficient (Wildman–Crippen LogP) is 7.91. The molecule has 1 atom stereocenters. The van der Waals surface area contributed by atoms with Crippen molar-refractivity contribution < 1.29 is 4.42 Å². The molecular formula is C33H30N6O. The lowest BCUT2D eigenvalue weighted by molar-refractivity contribution is 0.487. The summed E-state index contributed by atoms with van der Waals surface area (Å²) in [6, 6.07) is 30.6. The molecule has 0 bridgehead atoms. The summed E-state index contributed by atoms with van der Waals surface area (Å²) < 4.78 is 7.99. The highest BCUT2D eigenvalue weighted by Gasteiger charge is 2.42. The van der Waals surface area contributed by atoms with Crippen LogP contribution in [0.3, 0.4) is 0 Å². The van der Waals surface area contributed by atoms with E-state index in [1.54, 1.807) is 6.26 Å². The quantitative estimate of drug-likeness (QED) is 0.244. The zero-order valence-electron chi connectivity index (χ0n) is 22.6. The van der Waals surface area contributed by atoms with Crippen molar-refractivity contribution in [3.8, 4) is 5.69 Å². The Bertz CT molecular complexity index is 1710. The first-order chi connectivity index (χ1) is 19.7. The van der Waals surface area contributed by atoms with Gasteiger partial charge in [-0.25, -0.2) is 14.7 Å². The third-order valence-electron chi connectivity index (χ3n) is 7.49. The molecule has 0 aliphatic carbocycles. The molecule has 3 aromatic carbocycles. The molecule has 198 valence electrons. The predicted molar refractivity (Wildman–Crippen MR) is 161 cm³/mol. The fourth-order valence-corrected chi connectivity index (χ4v) is 5.54. The number of para-hydroxylation sites is 3. The summed E-state index contributed by atoms with van der Waals surface area (Å²) in [7, 11) is 0. The number of amidine groups is 2. The number of benzene rings is 3. The number of anilines is 2. The summed E-state index contributed by atoms with van der Waals surface area (Å²) in [5.41, 5.74) is 7.02. The normalized spacial score (nSPS) is 15.6. The van der Waals surface area contributed by atoms with Gasteiger partial charge in [0.05, 0.1) is 34.6 Å². The lowest BCUT2D eigenvalue weighted by Gasteiger charge is -2.39. The van der Waals surface area contributed by atoms with Crippen molar-refractivity contribution in [2.45, 2.75) is 39.2 Å². The van der Waals surface area contributed by atoms with Crippen molar-refractivity contribution in [2.24, 2.45) is 9.98 Å². The average molecular weight is 527 g/mol. The number of nitrogens with zero attached hydrogens (tertiary/aromatic N) is 5. The molecule has 0 fully saturated rings. The van der Waals surface area contributed by atoms with E-state index >= 15 is 0 Å². The first kappa shape index (κ1) is 24.2.